The Kier molecular flexibility index (Phi) is 4.85. The van der Waals surface area contributed by atoms with Crippen LogP contribution in [0.15, 0.2) is 5.51 Å². The highest BCUT2D eigenvalue weighted by Crippen LogP contribution is 2.34. The lowest BCUT2D eigenvalue weighted by atomic mass is 9.98. The van der Waals surface area contributed by atoms with Gasteiger partial charge in [-0.3, -0.25) is 14.5 Å². The van der Waals surface area contributed by atoms with Crippen LogP contribution < -0.4 is 0 Å². The molecular formula is C17H25N3O3S. The van der Waals surface area contributed by atoms with Crippen molar-refractivity contribution < 1.29 is 14.4 Å². The van der Waals surface area contributed by atoms with Crippen LogP contribution in [0.4, 0.5) is 0 Å². The maximum absolute atomic E-state index is 12.6. The fourth-order valence-electron chi connectivity index (χ4n) is 3.99. The molecule has 4 heterocycles. The molecule has 1 aromatic heterocycles. The molecule has 0 aliphatic carbocycles. The van der Waals surface area contributed by atoms with Gasteiger partial charge in [-0.25, -0.2) is 10.0 Å². The fraction of sp³-hybridized carbons (Fsp3) is 0.765. The average molecular weight is 351 g/mol. The summed E-state index contributed by atoms with van der Waals surface area (Å²) in [7, 11) is 0. The van der Waals surface area contributed by atoms with Crippen molar-refractivity contribution in [1.29, 1.82) is 0 Å². The summed E-state index contributed by atoms with van der Waals surface area (Å²) in [5.41, 5.74) is 3.05. The predicted molar refractivity (Wildman–Crippen MR) is 90.5 cm³/mol. The first-order valence-corrected chi connectivity index (χ1v) is 9.83. The van der Waals surface area contributed by atoms with Crippen LogP contribution in [-0.2, 0) is 20.9 Å². The van der Waals surface area contributed by atoms with Crippen molar-refractivity contribution in [1.82, 2.24) is 14.9 Å². The van der Waals surface area contributed by atoms with Gasteiger partial charge in [-0.1, -0.05) is 0 Å². The summed E-state index contributed by atoms with van der Waals surface area (Å²) in [6, 6.07) is 0.429. The van der Waals surface area contributed by atoms with Gasteiger partial charge in [-0.15, -0.1) is 11.3 Å². The minimum absolute atomic E-state index is 0.0184. The van der Waals surface area contributed by atoms with E-state index < -0.39 is 0 Å². The molecule has 1 aromatic rings. The van der Waals surface area contributed by atoms with Gasteiger partial charge in [0.15, 0.2) is 0 Å². The van der Waals surface area contributed by atoms with Gasteiger partial charge in [0, 0.05) is 30.6 Å². The number of hydrogen-bond donors (Lipinski definition) is 0. The van der Waals surface area contributed by atoms with Gasteiger partial charge in [-0.2, -0.15) is 0 Å². The van der Waals surface area contributed by atoms with Gasteiger partial charge in [0.25, 0.3) is 5.91 Å². The van der Waals surface area contributed by atoms with E-state index in [4.69, 9.17) is 9.57 Å². The summed E-state index contributed by atoms with van der Waals surface area (Å²) < 4.78 is 6.18. The molecule has 132 valence electrons. The standard InChI is InChI=1S/C17H25N3O3S/c1-12-16(24-11-18-12)10-19-8-6-14-13(19)4-5-15(23-14)17(21)20-7-2-3-9-22-20/h11,13-15H,2-10H2,1H3/t13-,14-,15+/m0/s1. The Morgan fingerprint density at radius 1 is 1.33 bits per heavy atom. The largest absolute Gasteiger partial charge is 0.363 e. The van der Waals surface area contributed by atoms with Gasteiger partial charge < -0.3 is 4.74 Å². The molecule has 4 rings (SSSR count). The Morgan fingerprint density at radius 3 is 3.00 bits per heavy atom. The van der Waals surface area contributed by atoms with E-state index in [-0.39, 0.29) is 18.1 Å². The van der Waals surface area contributed by atoms with Crippen molar-refractivity contribution >= 4 is 17.2 Å². The number of amides is 1. The Hall–Kier alpha value is -1.02. The minimum Gasteiger partial charge on any atom is -0.363 e. The fourth-order valence-corrected chi connectivity index (χ4v) is 4.79. The number of nitrogens with zero attached hydrogens (tertiary/aromatic N) is 3. The number of carbonyl (C=O) groups excluding carboxylic acids is 1. The van der Waals surface area contributed by atoms with Crippen molar-refractivity contribution in [3.05, 3.63) is 16.1 Å². The lowest BCUT2D eigenvalue weighted by Crippen LogP contribution is -2.49. The van der Waals surface area contributed by atoms with Crippen LogP contribution in [0.5, 0.6) is 0 Å². The minimum atomic E-state index is -0.325. The van der Waals surface area contributed by atoms with E-state index in [0.29, 0.717) is 19.2 Å². The molecule has 0 unspecified atom stereocenters. The number of fused-ring (bicyclic) bond motifs is 1. The molecule has 0 spiro atoms. The van der Waals surface area contributed by atoms with Crippen LogP contribution in [0.1, 0.15) is 42.7 Å². The quantitative estimate of drug-likeness (QED) is 0.835. The number of thiazole rings is 1. The Morgan fingerprint density at radius 2 is 2.25 bits per heavy atom. The van der Waals surface area contributed by atoms with Gasteiger partial charge in [-0.05, 0) is 39.0 Å². The number of aromatic nitrogens is 1. The van der Waals surface area contributed by atoms with E-state index in [0.717, 1.165) is 50.9 Å². The van der Waals surface area contributed by atoms with Crippen molar-refractivity contribution in [3.63, 3.8) is 0 Å². The monoisotopic (exact) mass is 351 g/mol. The normalized spacial score (nSPS) is 31.2. The molecule has 24 heavy (non-hydrogen) atoms. The lowest BCUT2D eigenvalue weighted by Gasteiger charge is -2.37. The zero-order valence-electron chi connectivity index (χ0n) is 14.1. The maximum atomic E-state index is 12.6. The number of likely N-dealkylation sites (tertiary alicyclic amines) is 1. The number of rotatable bonds is 3. The van der Waals surface area contributed by atoms with Gasteiger partial charge >= 0.3 is 0 Å². The highest BCUT2D eigenvalue weighted by Gasteiger charge is 2.43. The second kappa shape index (κ2) is 7.07. The molecule has 3 aliphatic rings. The Balaban J connectivity index is 1.35. The van der Waals surface area contributed by atoms with Crippen LogP contribution >= 0.6 is 11.3 Å². The number of hydroxylamine groups is 2. The highest BCUT2D eigenvalue weighted by molar-refractivity contribution is 7.09. The highest BCUT2D eigenvalue weighted by atomic mass is 32.1. The smallest absolute Gasteiger partial charge is 0.275 e. The van der Waals surface area contributed by atoms with E-state index in [9.17, 15) is 4.79 Å². The zero-order valence-corrected chi connectivity index (χ0v) is 15.0. The predicted octanol–water partition coefficient (Wildman–Crippen LogP) is 2.13. The first kappa shape index (κ1) is 16.4. The summed E-state index contributed by atoms with van der Waals surface area (Å²) in [4.78, 5) is 26.3. The SMILES string of the molecule is Cc1ncsc1CN1CC[C@@H]2O[C@@H](C(=O)N3CCCCO3)CC[C@@H]21. The molecule has 0 aromatic carbocycles. The number of ether oxygens (including phenoxy) is 1. The van der Waals surface area contributed by atoms with Crippen molar-refractivity contribution in [3.8, 4) is 0 Å². The van der Waals surface area contributed by atoms with E-state index in [1.807, 2.05) is 5.51 Å². The summed E-state index contributed by atoms with van der Waals surface area (Å²) in [6.45, 7) is 5.41. The molecule has 6 nitrogen and oxygen atoms in total. The number of carbonyl (C=O) groups is 1. The Bertz CT molecular complexity index is 587. The summed E-state index contributed by atoms with van der Waals surface area (Å²) in [5, 5.41) is 1.53. The third kappa shape index (κ3) is 3.22. The van der Waals surface area contributed by atoms with Crippen LogP contribution in [-0.4, -0.2) is 58.8 Å². The van der Waals surface area contributed by atoms with Crippen LogP contribution in [0, 0.1) is 6.92 Å². The van der Waals surface area contributed by atoms with E-state index in [1.54, 1.807) is 11.3 Å². The van der Waals surface area contributed by atoms with Crippen LogP contribution in [0.25, 0.3) is 0 Å². The molecule has 3 saturated heterocycles. The molecule has 0 saturated carbocycles. The van der Waals surface area contributed by atoms with Crippen LogP contribution in [0.3, 0.4) is 0 Å². The molecule has 3 aliphatic heterocycles. The van der Waals surface area contributed by atoms with Crippen molar-refractivity contribution in [2.24, 2.45) is 0 Å². The van der Waals surface area contributed by atoms with Gasteiger partial charge in [0.2, 0.25) is 0 Å². The zero-order chi connectivity index (χ0) is 16.5. The van der Waals surface area contributed by atoms with Crippen LogP contribution in [0.2, 0.25) is 0 Å². The van der Waals surface area contributed by atoms with E-state index in [1.165, 1.54) is 9.94 Å². The number of hydrogen-bond acceptors (Lipinski definition) is 6. The molecule has 0 N–H and O–H groups in total. The molecular weight excluding hydrogens is 326 g/mol. The molecule has 0 bridgehead atoms. The maximum Gasteiger partial charge on any atom is 0.275 e. The van der Waals surface area contributed by atoms with E-state index in [2.05, 4.69) is 16.8 Å². The van der Waals surface area contributed by atoms with Gasteiger partial charge in [0.05, 0.1) is 23.9 Å². The number of aryl methyl sites for hydroxylation is 1. The average Bonchev–Trinajstić information content (AvgIpc) is 3.21. The van der Waals surface area contributed by atoms with Gasteiger partial charge in [0.1, 0.15) is 6.10 Å². The lowest BCUT2D eigenvalue weighted by molar-refractivity contribution is -0.213. The first-order valence-electron chi connectivity index (χ1n) is 8.95. The Labute approximate surface area is 146 Å². The summed E-state index contributed by atoms with van der Waals surface area (Å²) in [6.07, 6.45) is 4.72. The molecule has 7 heteroatoms. The second-order valence-corrected chi connectivity index (χ2v) is 7.85. The molecule has 1 amide bonds. The molecule has 3 fully saturated rings. The summed E-state index contributed by atoms with van der Waals surface area (Å²) >= 11 is 1.73. The second-order valence-electron chi connectivity index (χ2n) is 6.91. The third-order valence-corrected chi connectivity index (χ3v) is 6.30. The van der Waals surface area contributed by atoms with Crippen molar-refractivity contribution in [2.75, 3.05) is 19.7 Å². The third-order valence-electron chi connectivity index (χ3n) is 5.38. The molecule has 3 atom stereocenters. The van der Waals surface area contributed by atoms with E-state index >= 15 is 0 Å². The topological polar surface area (TPSA) is 54.9 Å². The first-order chi connectivity index (χ1) is 11.7. The summed E-state index contributed by atoms with van der Waals surface area (Å²) in [5.74, 6) is 0.0184. The molecule has 0 radical (unpaired) electrons. The van der Waals surface area contributed by atoms with Crippen molar-refractivity contribution in [2.45, 2.75) is 63.8 Å².